The van der Waals surface area contributed by atoms with Crippen LogP contribution in [0.15, 0.2) is 36.7 Å². The Hall–Kier alpha value is -2.19. The SMILES string of the molecule is C#CCC[C@@H]1[C@@H](C(=O)n2cccc2)CC(=C)[C@@H]1C#C. The van der Waals surface area contributed by atoms with Gasteiger partial charge in [-0.3, -0.25) is 9.36 Å². The van der Waals surface area contributed by atoms with Crippen molar-refractivity contribution in [1.29, 1.82) is 0 Å². The lowest BCUT2D eigenvalue weighted by molar-refractivity contribution is 0.0794. The Morgan fingerprint density at radius 1 is 1.42 bits per heavy atom. The monoisotopic (exact) mass is 251 g/mol. The van der Waals surface area contributed by atoms with Crippen LogP contribution < -0.4 is 0 Å². The van der Waals surface area contributed by atoms with Crippen LogP contribution in [0.1, 0.15) is 24.1 Å². The fraction of sp³-hybridized carbons (Fsp3) is 0.353. The highest BCUT2D eigenvalue weighted by Gasteiger charge is 2.41. The molecule has 0 saturated heterocycles. The van der Waals surface area contributed by atoms with E-state index in [1.54, 1.807) is 17.0 Å². The maximum absolute atomic E-state index is 12.5. The van der Waals surface area contributed by atoms with Gasteiger partial charge >= 0.3 is 0 Å². The van der Waals surface area contributed by atoms with Crippen molar-refractivity contribution >= 4 is 5.91 Å². The topological polar surface area (TPSA) is 22.0 Å². The number of aromatic nitrogens is 1. The molecule has 19 heavy (non-hydrogen) atoms. The van der Waals surface area contributed by atoms with E-state index in [9.17, 15) is 4.79 Å². The summed E-state index contributed by atoms with van der Waals surface area (Å²) in [6.07, 6.45) is 16.5. The molecule has 0 unspecified atom stereocenters. The minimum atomic E-state index is -0.103. The van der Waals surface area contributed by atoms with Gasteiger partial charge in [-0.2, -0.15) is 0 Å². The molecule has 2 heteroatoms. The van der Waals surface area contributed by atoms with Crippen LogP contribution in [0.5, 0.6) is 0 Å². The van der Waals surface area contributed by atoms with Crippen LogP contribution in [0.25, 0.3) is 0 Å². The Morgan fingerprint density at radius 2 is 2.11 bits per heavy atom. The Morgan fingerprint density at radius 3 is 2.68 bits per heavy atom. The number of hydrogen-bond donors (Lipinski definition) is 0. The summed E-state index contributed by atoms with van der Waals surface area (Å²) >= 11 is 0. The van der Waals surface area contributed by atoms with Crippen LogP contribution in [0, 0.1) is 42.4 Å². The van der Waals surface area contributed by atoms with Gasteiger partial charge in [0.05, 0.1) is 0 Å². The van der Waals surface area contributed by atoms with Crippen molar-refractivity contribution in [1.82, 2.24) is 4.57 Å². The molecule has 0 amide bonds. The van der Waals surface area contributed by atoms with Crippen molar-refractivity contribution in [2.24, 2.45) is 17.8 Å². The van der Waals surface area contributed by atoms with E-state index in [0.717, 1.165) is 12.0 Å². The summed E-state index contributed by atoms with van der Waals surface area (Å²) in [6, 6.07) is 3.69. The van der Waals surface area contributed by atoms with E-state index < -0.39 is 0 Å². The molecule has 0 radical (unpaired) electrons. The molecule has 0 N–H and O–H groups in total. The molecule has 1 fully saturated rings. The van der Waals surface area contributed by atoms with Crippen LogP contribution in [-0.4, -0.2) is 10.5 Å². The Labute approximate surface area is 114 Å². The van der Waals surface area contributed by atoms with Crippen molar-refractivity contribution in [3.05, 3.63) is 36.7 Å². The minimum Gasteiger partial charge on any atom is -0.294 e. The number of carbonyl (C=O) groups excluding carboxylic acids is 1. The van der Waals surface area contributed by atoms with Gasteiger partial charge < -0.3 is 0 Å². The first kappa shape index (κ1) is 13.2. The molecular formula is C17H17NO. The third kappa shape index (κ3) is 2.49. The number of nitrogens with zero attached hydrogens (tertiary/aromatic N) is 1. The first-order valence-corrected chi connectivity index (χ1v) is 6.43. The van der Waals surface area contributed by atoms with Gasteiger partial charge in [-0.1, -0.05) is 18.1 Å². The molecule has 0 spiro atoms. The standard InChI is InChI=1S/C17H17NO/c1-4-6-9-15-14(5-2)13(3)12-16(15)17(19)18-10-7-8-11-18/h1-2,7-8,10-11,14-16H,3,6,9,12H2/t14-,15-,16-/m0/s1. The van der Waals surface area contributed by atoms with Gasteiger partial charge in [0.15, 0.2) is 0 Å². The Kier molecular flexibility index (Phi) is 3.93. The van der Waals surface area contributed by atoms with Gasteiger partial charge in [0, 0.05) is 30.7 Å². The zero-order valence-electron chi connectivity index (χ0n) is 10.9. The number of hydrogen-bond acceptors (Lipinski definition) is 1. The summed E-state index contributed by atoms with van der Waals surface area (Å²) in [5.74, 6) is 5.48. The molecule has 1 heterocycles. The number of rotatable bonds is 3. The Bertz CT molecular complexity index is 553. The highest BCUT2D eigenvalue weighted by Crippen LogP contribution is 2.43. The molecule has 1 aromatic heterocycles. The third-order valence-electron chi connectivity index (χ3n) is 3.84. The maximum Gasteiger partial charge on any atom is 0.234 e. The molecule has 1 saturated carbocycles. The molecule has 0 aliphatic heterocycles. The van der Waals surface area contributed by atoms with Crippen molar-refractivity contribution in [3.63, 3.8) is 0 Å². The molecule has 3 atom stereocenters. The molecule has 0 bridgehead atoms. The summed E-state index contributed by atoms with van der Waals surface area (Å²) in [7, 11) is 0. The fourth-order valence-electron chi connectivity index (χ4n) is 2.90. The average Bonchev–Trinajstić information content (AvgIpc) is 3.03. The van der Waals surface area contributed by atoms with Gasteiger partial charge in [0.1, 0.15) is 0 Å². The largest absolute Gasteiger partial charge is 0.294 e. The maximum atomic E-state index is 12.5. The van der Waals surface area contributed by atoms with Crippen molar-refractivity contribution in [2.45, 2.75) is 19.3 Å². The highest BCUT2D eigenvalue weighted by molar-refractivity contribution is 5.82. The molecule has 1 aromatic rings. The summed E-state index contributed by atoms with van der Waals surface area (Å²) in [4.78, 5) is 12.5. The van der Waals surface area contributed by atoms with Crippen LogP contribution >= 0.6 is 0 Å². The van der Waals surface area contributed by atoms with Gasteiger partial charge in [-0.25, -0.2) is 0 Å². The lowest BCUT2D eigenvalue weighted by Gasteiger charge is -2.20. The molecule has 1 aliphatic rings. The second-order valence-corrected chi connectivity index (χ2v) is 4.95. The summed E-state index contributed by atoms with van der Waals surface area (Å²) in [5.41, 5.74) is 0.982. The molecule has 96 valence electrons. The minimum absolute atomic E-state index is 0.0298. The second-order valence-electron chi connectivity index (χ2n) is 4.95. The normalized spacial score (nSPS) is 25.8. The van der Waals surface area contributed by atoms with E-state index >= 15 is 0 Å². The van der Waals surface area contributed by atoms with E-state index in [1.807, 2.05) is 12.1 Å². The summed E-state index contributed by atoms with van der Waals surface area (Å²) in [6.45, 7) is 4.02. The number of allylic oxidation sites excluding steroid dienone is 1. The van der Waals surface area contributed by atoms with E-state index in [-0.39, 0.29) is 23.7 Å². The van der Waals surface area contributed by atoms with Crippen LogP contribution in [-0.2, 0) is 0 Å². The predicted molar refractivity (Wildman–Crippen MR) is 76.2 cm³/mol. The molecular weight excluding hydrogens is 234 g/mol. The second kappa shape index (κ2) is 5.63. The quantitative estimate of drug-likeness (QED) is 0.598. The first-order valence-electron chi connectivity index (χ1n) is 6.43. The van der Waals surface area contributed by atoms with Crippen molar-refractivity contribution < 1.29 is 4.79 Å². The lowest BCUT2D eigenvalue weighted by atomic mass is 9.85. The first-order chi connectivity index (χ1) is 9.19. The number of carbonyl (C=O) groups is 1. The fourth-order valence-corrected chi connectivity index (χ4v) is 2.90. The van der Waals surface area contributed by atoms with Crippen LogP contribution in [0.4, 0.5) is 0 Å². The van der Waals surface area contributed by atoms with Gasteiger partial charge in [0.2, 0.25) is 5.91 Å². The molecule has 2 rings (SSSR count). The van der Waals surface area contributed by atoms with Gasteiger partial charge in [-0.05, 0) is 30.9 Å². The Balaban J connectivity index is 2.23. The zero-order chi connectivity index (χ0) is 13.8. The average molecular weight is 251 g/mol. The van der Waals surface area contributed by atoms with Gasteiger partial charge in [-0.15, -0.1) is 18.8 Å². The van der Waals surface area contributed by atoms with Crippen LogP contribution in [0.2, 0.25) is 0 Å². The molecule has 1 aliphatic carbocycles. The summed E-state index contributed by atoms with van der Waals surface area (Å²) in [5, 5.41) is 0. The van der Waals surface area contributed by atoms with E-state index in [0.29, 0.717) is 12.8 Å². The van der Waals surface area contributed by atoms with Crippen molar-refractivity contribution in [3.8, 4) is 24.7 Å². The highest BCUT2D eigenvalue weighted by atomic mass is 16.2. The van der Waals surface area contributed by atoms with E-state index in [2.05, 4.69) is 18.4 Å². The zero-order valence-corrected chi connectivity index (χ0v) is 10.9. The number of terminal acetylenes is 2. The van der Waals surface area contributed by atoms with Crippen LogP contribution in [0.3, 0.4) is 0 Å². The molecule has 2 nitrogen and oxygen atoms in total. The predicted octanol–water partition coefficient (Wildman–Crippen LogP) is 2.98. The van der Waals surface area contributed by atoms with E-state index in [4.69, 9.17) is 12.8 Å². The molecule has 0 aromatic carbocycles. The van der Waals surface area contributed by atoms with Gasteiger partial charge in [0.25, 0.3) is 0 Å². The van der Waals surface area contributed by atoms with E-state index in [1.165, 1.54) is 0 Å². The lowest BCUT2D eigenvalue weighted by Crippen LogP contribution is -2.26. The smallest absolute Gasteiger partial charge is 0.234 e. The van der Waals surface area contributed by atoms with Crippen molar-refractivity contribution in [2.75, 3.05) is 0 Å². The third-order valence-corrected chi connectivity index (χ3v) is 3.84. The summed E-state index contributed by atoms with van der Waals surface area (Å²) < 4.78 is 1.62.